The van der Waals surface area contributed by atoms with Crippen LogP contribution in [0.5, 0.6) is 11.5 Å². The normalized spacial score (nSPS) is 14.1. The molecule has 0 spiro atoms. The van der Waals surface area contributed by atoms with Crippen LogP contribution in [-0.2, 0) is 11.3 Å². The van der Waals surface area contributed by atoms with Crippen LogP contribution in [0.15, 0.2) is 66.7 Å². The summed E-state index contributed by atoms with van der Waals surface area (Å²) in [6, 6.07) is 21.7. The van der Waals surface area contributed by atoms with Gasteiger partial charge in [0.25, 0.3) is 5.91 Å². The topological polar surface area (TPSA) is 62.8 Å². The van der Waals surface area contributed by atoms with Crippen molar-refractivity contribution in [2.24, 2.45) is 0 Å². The van der Waals surface area contributed by atoms with Gasteiger partial charge in [0.2, 0.25) is 0 Å². The number of carbonyl (C=O) groups is 1. The van der Waals surface area contributed by atoms with Crippen LogP contribution in [0, 0.1) is 0 Å². The van der Waals surface area contributed by atoms with Crippen molar-refractivity contribution in [2.75, 3.05) is 38.9 Å². The second kappa shape index (κ2) is 9.16. The Kier molecular flexibility index (Phi) is 6.14. The molecule has 3 aromatic rings. The summed E-state index contributed by atoms with van der Waals surface area (Å²) in [4.78, 5) is 15.2. The maximum atomic E-state index is 13.1. The van der Waals surface area contributed by atoms with E-state index in [0.717, 1.165) is 29.1 Å². The van der Waals surface area contributed by atoms with E-state index in [1.165, 1.54) is 5.56 Å². The van der Waals surface area contributed by atoms with Crippen LogP contribution < -0.4 is 20.1 Å². The molecule has 0 saturated carbocycles. The zero-order chi connectivity index (χ0) is 22.7. The Morgan fingerprint density at radius 1 is 0.938 bits per heavy atom. The molecule has 0 saturated heterocycles. The lowest BCUT2D eigenvalue weighted by atomic mass is 9.99. The molecule has 0 unspecified atom stereocenters. The van der Waals surface area contributed by atoms with E-state index in [9.17, 15) is 4.79 Å². The molecule has 6 heteroatoms. The predicted molar refractivity (Wildman–Crippen MR) is 129 cm³/mol. The van der Waals surface area contributed by atoms with Crippen LogP contribution in [0.2, 0.25) is 0 Å². The van der Waals surface area contributed by atoms with Crippen molar-refractivity contribution in [3.05, 3.63) is 83.4 Å². The minimum Gasteiger partial charge on any atom is -0.493 e. The second-order valence-corrected chi connectivity index (χ2v) is 7.88. The van der Waals surface area contributed by atoms with Gasteiger partial charge in [0.05, 0.1) is 31.2 Å². The van der Waals surface area contributed by atoms with E-state index in [4.69, 9.17) is 9.47 Å². The van der Waals surface area contributed by atoms with Gasteiger partial charge in [-0.25, -0.2) is 0 Å². The summed E-state index contributed by atoms with van der Waals surface area (Å²) in [6.07, 6.45) is 0. The molecule has 6 nitrogen and oxygen atoms in total. The number of carbonyl (C=O) groups excluding carboxylic acids is 1. The Bertz CT molecular complexity index is 1150. The number of amides is 1. The number of anilines is 2. The number of fused-ring (bicyclic) bond motifs is 1. The van der Waals surface area contributed by atoms with Crippen LogP contribution in [0.1, 0.15) is 16.7 Å². The highest BCUT2D eigenvalue weighted by Crippen LogP contribution is 2.43. The zero-order valence-electron chi connectivity index (χ0n) is 18.7. The molecule has 0 fully saturated rings. The number of hydrogen-bond acceptors (Lipinski definition) is 5. The third-order valence-corrected chi connectivity index (χ3v) is 5.30. The first-order valence-corrected chi connectivity index (χ1v) is 10.4. The van der Waals surface area contributed by atoms with Gasteiger partial charge in [-0.05, 0) is 43.4 Å². The highest BCUT2D eigenvalue weighted by Gasteiger charge is 2.30. The summed E-state index contributed by atoms with van der Waals surface area (Å²) in [5.41, 5.74) is 5.79. The quantitative estimate of drug-likeness (QED) is 0.533. The average Bonchev–Trinajstić information content (AvgIpc) is 3.12. The maximum absolute atomic E-state index is 13.1. The molecule has 0 bridgehead atoms. The van der Waals surface area contributed by atoms with Crippen LogP contribution in [0.3, 0.4) is 0 Å². The molecule has 164 valence electrons. The molecule has 0 radical (unpaired) electrons. The number of benzene rings is 3. The van der Waals surface area contributed by atoms with E-state index in [2.05, 4.69) is 27.7 Å². The van der Waals surface area contributed by atoms with Crippen molar-refractivity contribution in [2.45, 2.75) is 6.54 Å². The van der Waals surface area contributed by atoms with Crippen molar-refractivity contribution in [1.29, 1.82) is 0 Å². The monoisotopic (exact) mass is 429 g/mol. The molecule has 3 aromatic carbocycles. The molecule has 1 aliphatic heterocycles. The fraction of sp³-hybridized carbons (Fsp3) is 0.192. The molecule has 32 heavy (non-hydrogen) atoms. The molecule has 0 atom stereocenters. The van der Waals surface area contributed by atoms with Crippen molar-refractivity contribution in [1.82, 2.24) is 4.90 Å². The highest BCUT2D eigenvalue weighted by molar-refractivity contribution is 6.37. The van der Waals surface area contributed by atoms with E-state index in [1.54, 1.807) is 20.3 Å². The summed E-state index contributed by atoms with van der Waals surface area (Å²) < 4.78 is 10.9. The molecule has 1 heterocycles. The number of rotatable bonds is 7. The molecular formula is C26H27N3O3. The van der Waals surface area contributed by atoms with Gasteiger partial charge in [-0.3, -0.25) is 4.79 Å². The largest absolute Gasteiger partial charge is 0.493 e. The summed E-state index contributed by atoms with van der Waals surface area (Å²) in [6.45, 7) is 0.865. The van der Waals surface area contributed by atoms with E-state index >= 15 is 0 Å². The van der Waals surface area contributed by atoms with Gasteiger partial charge in [0, 0.05) is 23.9 Å². The molecule has 0 aromatic heterocycles. The first-order chi connectivity index (χ1) is 15.5. The number of nitrogens with zero attached hydrogens (tertiary/aromatic N) is 1. The summed E-state index contributed by atoms with van der Waals surface area (Å²) in [5.74, 6) is 0.963. The summed E-state index contributed by atoms with van der Waals surface area (Å²) >= 11 is 0. The van der Waals surface area contributed by atoms with Crippen LogP contribution in [0.25, 0.3) is 11.3 Å². The predicted octanol–water partition coefficient (Wildman–Crippen LogP) is 4.70. The molecule has 4 rings (SSSR count). The maximum Gasteiger partial charge on any atom is 0.258 e. The van der Waals surface area contributed by atoms with Crippen LogP contribution in [0.4, 0.5) is 11.4 Å². The van der Waals surface area contributed by atoms with Crippen LogP contribution >= 0.6 is 0 Å². The molecular weight excluding hydrogens is 402 g/mol. The van der Waals surface area contributed by atoms with Gasteiger partial charge >= 0.3 is 0 Å². The van der Waals surface area contributed by atoms with E-state index in [-0.39, 0.29) is 5.91 Å². The highest BCUT2D eigenvalue weighted by atomic mass is 16.5. The molecule has 1 amide bonds. The number of ether oxygens (including phenoxy) is 2. The Morgan fingerprint density at radius 2 is 1.59 bits per heavy atom. The lowest BCUT2D eigenvalue weighted by Gasteiger charge is -2.16. The van der Waals surface area contributed by atoms with Gasteiger partial charge in [-0.1, -0.05) is 42.5 Å². The van der Waals surface area contributed by atoms with Gasteiger partial charge in [0.15, 0.2) is 11.5 Å². The fourth-order valence-electron chi connectivity index (χ4n) is 3.83. The van der Waals surface area contributed by atoms with Gasteiger partial charge in [-0.15, -0.1) is 0 Å². The lowest BCUT2D eigenvalue weighted by molar-refractivity contribution is -0.110. The Hall–Kier alpha value is -3.77. The van der Waals surface area contributed by atoms with Gasteiger partial charge in [0.1, 0.15) is 0 Å². The van der Waals surface area contributed by atoms with E-state index < -0.39 is 0 Å². The zero-order valence-corrected chi connectivity index (χ0v) is 18.7. The molecule has 2 N–H and O–H groups in total. The van der Waals surface area contributed by atoms with Crippen molar-refractivity contribution in [3.8, 4) is 11.5 Å². The average molecular weight is 430 g/mol. The first-order valence-electron chi connectivity index (χ1n) is 10.4. The number of methoxy groups -OCH3 is 2. The molecule has 1 aliphatic rings. The number of hydrogen-bond donors (Lipinski definition) is 2. The van der Waals surface area contributed by atoms with Crippen molar-refractivity contribution < 1.29 is 14.3 Å². The van der Waals surface area contributed by atoms with Gasteiger partial charge in [-0.2, -0.15) is 0 Å². The van der Waals surface area contributed by atoms with Crippen molar-refractivity contribution in [3.63, 3.8) is 0 Å². The minimum absolute atomic E-state index is 0.175. The Morgan fingerprint density at radius 3 is 2.22 bits per heavy atom. The van der Waals surface area contributed by atoms with E-state index in [1.807, 2.05) is 62.6 Å². The van der Waals surface area contributed by atoms with Gasteiger partial charge < -0.3 is 25.0 Å². The SMILES string of the molecule is COc1cc2c(cc1OC)/C(=C(/Nc1ccc(CN(C)C)cc1)c1ccccc1)C(=O)N2. The Balaban J connectivity index is 1.82. The standard InChI is InChI=1S/C26H27N3O3/c1-29(2)16-17-10-12-19(13-11-17)27-25(18-8-6-5-7-9-18)24-20-14-22(31-3)23(32-4)15-21(20)28-26(24)30/h5-15,27H,16H2,1-4H3,(H,28,30)/b25-24-. The first kappa shape index (κ1) is 21.5. The second-order valence-electron chi connectivity index (χ2n) is 7.88. The number of nitrogens with one attached hydrogen (secondary N) is 2. The fourth-order valence-corrected chi connectivity index (χ4v) is 3.83. The Labute approximate surface area is 188 Å². The van der Waals surface area contributed by atoms with E-state index in [0.29, 0.717) is 22.8 Å². The lowest BCUT2D eigenvalue weighted by Crippen LogP contribution is -2.11. The minimum atomic E-state index is -0.175. The van der Waals surface area contributed by atoms with Crippen molar-refractivity contribution >= 4 is 28.6 Å². The smallest absolute Gasteiger partial charge is 0.258 e. The third kappa shape index (κ3) is 4.31. The third-order valence-electron chi connectivity index (χ3n) is 5.30. The van der Waals surface area contributed by atoms with Crippen LogP contribution in [-0.4, -0.2) is 39.1 Å². The summed E-state index contributed by atoms with van der Waals surface area (Å²) in [7, 11) is 7.26. The summed E-state index contributed by atoms with van der Waals surface area (Å²) in [5, 5.41) is 6.45. The molecule has 0 aliphatic carbocycles.